The molecule has 1 aromatic rings. The summed E-state index contributed by atoms with van der Waals surface area (Å²) in [6.07, 6.45) is 1.16. The number of nitrogens with zero attached hydrogens (tertiary/aromatic N) is 3. The lowest BCUT2D eigenvalue weighted by Gasteiger charge is -2.24. The van der Waals surface area contributed by atoms with E-state index in [1.807, 2.05) is 45.0 Å². The van der Waals surface area contributed by atoms with Gasteiger partial charge in [0.15, 0.2) is 5.96 Å². The molecule has 1 atom stereocenters. The number of benzene rings is 1. The third-order valence-electron chi connectivity index (χ3n) is 4.93. The van der Waals surface area contributed by atoms with Gasteiger partial charge in [0.1, 0.15) is 17.9 Å². The molecule has 10 heteroatoms. The van der Waals surface area contributed by atoms with Gasteiger partial charge in [-0.2, -0.15) is 0 Å². The van der Waals surface area contributed by atoms with E-state index in [0.717, 1.165) is 25.1 Å². The van der Waals surface area contributed by atoms with Crippen LogP contribution in [0.4, 0.5) is 4.79 Å². The lowest BCUT2D eigenvalue weighted by atomic mass is 10.1. The lowest BCUT2D eigenvalue weighted by molar-refractivity contribution is -0.127. The molecule has 1 heterocycles. The average Bonchev–Trinajstić information content (AvgIpc) is 3.17. The second-order valence-electron chi connectivity index (χ2n) is 9.03. The maximum Gasteiger partial charge on any atom is 0.407 e. The van der Waals surface area contributed by atoms with Gasteiger partial charge in [0.2, 0.25) is 5.91 Å². The molecule has 1 aliphatic rings. The van der Waals surface area contributed by atoms with E-state index in [9.17, 15) is 9.59 Å². The quantitative estimate of drug-likeness (QED) is 0.295. The Kier molecular flexibility index (Phi) is 11.7. The van der Waals surface area contributed by atoms with Gasteiger partial charge in [0, 0.05) is 33.7 Å². The van der Waals surface area contributed by atoms with Crippen molar-refractivity contribution in [1.29, 1.82) is 0 Å². The lowest BCUT2D eigenvalue weighted by Crippen LogP contribution is -2.45. The van der Waals surface area contributed by atoms with Crippen LogP contribution in [0.3, 0.4) is 0 Å². The number of likely N-dealkylation sites (tertiary alicyclic amines) is 1. The SMILES string of the molecule is COc1ccc(CCNC(=NCC(=O)N(C)C)N2CCC(NC(=O)OC(C)(C)C)C2)cc1.I. The van der Waals surface area contributed by atoms with Crippen LogP contribution in [0.15, 0.2) is 29.3 Å². The maximum absolute atomic E-state index is 12.1. The summed E-state index contributed by atoms with van der Waals surface area (Å²) >= 11 is 0. The molecular weight excluding hydrogens is 537 g/mol. The second-order valence-corrected chi connectivity index (χ2v) is 9.03. The second kappa shape index (κ2) is 13.5. The molecule has 2 amide bonds. The number of nitrogens with one attached hydrogen (secondary N) is 2. The van der Waals surface area contributed by atoms with Gasteiger partial charge < -0.3 is 29.9 Å². The highest BCUT2D eigenvalue weighted by molar-refractivity contribution is 14.0. The van der Waals surface area contributed by atoms with Gasteiger partial charge in [-0.25, -0.2) is 9.79 Å². The molecule has 1 fully saturated rings. The minimum atomic E-state index is -0.537. The number of methoxy groups -OCH3 is 1. The number of likely N-dealkylation sites (N-methyl/N-ethyl adjacent to an activating group) is 1. The van der Waals surface area contributed by atoms with Crippen LogP contribution in [-0.4, -0.2) is 86.8 Å². The first-order valence-corrected chi connectivity index (χ1v) is 10.9. The smallest absolute Gasteiger partial charge is 0.407 e. The van der Waals surface area contributed by atoms with E-state index in [1.165, 1.54) is 10.5 Å². The number of hydrogen-bond donors (Lipinski definition) is 2. The number of rotatable bonds is 7. The topological polar surface area (TPSA) is 95.5 Å². The van der Waals surface area contributed by atoms with Crippen molar-refractivity contribution in [2.45, 2.75) is 45.3 Å². The summed E-state index contributed by atoms with van der Waals surface area (Å²) in [6, 6.07) is 7.90. The van der Waals surface area contributed by atoms with E-state index in [2.05, 4.69) is 20.5 Å². The summed E-state index contributed by atoms with van der Waals surface area (Å²) in [7, 11) is 5.08. The molecule has 1 aliphatic heterocycles. The first kappa shape index (κ1) is 28.8. The average molecular weight is 575 g/mol. The largest absolute Gasteiger partial charge is 0.497 e. The Bertz CT molecular complexity index is 793. The van der Waals surface area contributed by atoms with Crippen molar-refractivity contribution >= 4 is 41.9 Å². The van der Waals surface area contributed by atoms with Crippen molar-refractivity contribution in [3.05, 3.63) is 29.8 Å². The van der Waals surface area contributed by atoms with Crippen LogP contribution >= 0.6 is 24.0 Å². The van der Waals surface area contributed by atoms with Gasteiger partial charge >= 0.3 is 6.09 Å². The van der Waals surface area contributed by atoms with Crippen molar-refractivity contribution in [3.8, 4) is 5.75 Å². The van der Waals surface area contributed by atoms with Crippen molar-refractivity contribution in [2.75, 3.05) is 47.4 Å². The highest BCUT2D eigenvalue weighted by Gasteiger charge is 2.28. The molecule has 1 saturated heterocycles. The van der Waals surface area contributed by atoms with Gasteiger partial charge in [-0.05, 0) is 51.3 Å². The van der Waals surface area contributed by atoms with Crippen LogP contribution in [0.2, 0.25) is 0 Å². The Labute approximate surface area is 214 Å². The number of aliphatic imine (C=N–C) groups is 1. The number of ether oxygens (including phenoxy) is 2. The fraction of sp³-hybridized carbons (Fsp3) is 0.609. The van der Waals surface area contributed by atoms with E-state index in [1.54, 1.807) is 21.2 Å². The van der Waals surface area contributed by atoms with E-state index in [4.69, 9.17) is 9.47 Å². The van der Waals surface area contributed by atoms with Crippen molar-refractivity contribution in [1.82, 2.24) is 20.4 Å². The summed E-state index contributed by atoms with van der Waals surface area (Å²) in [6.45, 7) is 7.58. The summed E-state index contributed by atoms with van der Waals surface area (Å²) in [5.74, 6) is 1.43. The highest BCUT2D eigenvalue weighted by atomic mass is 127. The fourth-order valence-corrected chi connectivity index (χ4v) is 3.21. The molecule has 0 saturated carbocycles. The van der Waals surface area contributed by atoms with Crippen LogP contribution in [0.25, 0.3) is 0 Å². The molecule has 0 radical (unpaired) electrons. The number of guanidine groups is 1. The van der Waals surface area contributed by atoms with E-state index < -0.39 is 11.7 Å². The van der Waals surface area contributed by atoms with Gasteiger partial charge in [-0.3, -0.25) is 4.79 Å². The Morgan fingerprint density at radius 1 is 1.21 bits per heavy atom. The zero-order chi connectivity index (χ0) is 23.7. The summed E-state index contributed by atoms with van der Waals surface area (Å²) < 4.78 is 10.6. The van der Waals surface area contributed by atoms with Crippen molar-refractivity contribution in [2.24, 2.45) is 4.99 Å². The van der Waals surface area contributed by atoms with Crippen LogP contribution < -0.4 is 15.4 Å². The summed E-state index contributed by atoms with van der Waals surface area (Å²) in [5, 5.41) is 6.30. The summed E-state index contributed by atoms with van der Waals surface area (Å²) in [5.41, 5.74) is 0.637. The normalized spacial score (nSPS) is 16.0. The zero-order valence-electron chi connectivity index (χ0n) is 20.5. The third-order valence-corrected chi connectivity index (χ3v) is 4.93. The van der Waals surface area contributed by atoms with Gasteiger partial charge in [0.05, 0.1) is 13.2 Å². The molecule has 9 nitrogen and oxygen atoms in total. The van der Waals surface area contributed by atoms with Gasteiger partial charge in [0.25, 0.3) is 0 Å². The van der Waals surface area contributed by atoms with E-state index >= 15 is 0 Å². The molecule has 186 valence electrons. The monoisotopic (exact) mass is 575 g/mol. The highest BCUT2D eigenvalue weighted by Crippen LogP contribution is 2.13. The van der Waals surface area contributed by atoms with Crippen LogP contribution in [0.5, 0.6) is 5.75 Å². The van der Waals surface area contributed by atoms with Crippen LogP contribution in [0.1, 0.15) is 32.8 Å². The number of alkyl carbamates (subject to hydrolysis) is 1. The predicted molar refractivity (Wildman–Crippen MR) is 140 cm³/mol. The number of amides is 2. The standard InChI is InChI=1S/C23H37N5O4.HI/c1-23(2,3)32-22(30)26-18-12-14-28(16-18)21(25-15-20(29)27(4)5)24-13-11-17-7-9-19(31-6)10-8-17;/h7-10,18H,11-16H2,1-6H3,(H,24,25)(H,26,30);1H. The molecule has 0 aliphatic carbocycles. The van der Waals surface area contributed by atoms with Gasteiger partial charge in [-0.1, -0.05) is 12.1 Å². The summed E-state index contributed by atoms with van der Waals surface area (Å²) in [4.78, 5) is 32.3. The number of halogens is 1. The maximum atomic E-state index is 12.1. The Balaban J connectivity index is 0.00000544. The molecule has 1 unspecified atom stereocenters. The van der Waals surface area contributed by atoms with E-state index in [0.29, 0.717) is 19.0 Å². The Hall–Kier alpha value is -2.24. The van der Waals surface area contributed by atoms with E-state index in [-0.39, 0.29) is 42.5 Å². The fourth-order valence-electron chi connectivity index (χ4n) is 3.21. The molecule has 0 bridgehead atoms. The zero-order valence-corrected chi connectivity index (χ0v) is 22.8. The predicted octanol–water partition coefficient (Wildman–Crippen LogP) is 2.49. The Morgan fingerprint density at radius 2 is 1.88 bits per heavy atom. The molecular formula is C23H38IN5O4. The third kappa shape index (κ3) is 10.5. The number of hydrogen-bond acceptors (Lipinski definition) is 5. The Morgan fingerprint density at radius 3 is 2.45 bits per heavy atom. The minimum absolute atomic E-state index is 0. The van der Waals surface area contributed by atoms with Crippen molar-refractivity contribution < 1.29 is 19.1 Å². The minimum Gasteiger partial charge on any atom is -0.497 e. The molecule has 1 aromatic carbocycles. The molecule has 0 spiro atoms. The molecule has 2 N–H and O–H groups in total. The van der Waals surface area contributed by atoms with Crippen LogP contribution in [0, 0.1) is 0 Å². The van der Waals surface area contributed by atoms with Crippen LogP contribution in [-0.2, 0) is 16.0 Å². The number of carbonyl (C=O) groups is 2. The first-order chi connectivity index (χ1) is 15.1. The molecule has 33 heavy (non-hydrogen) atoms. The van der Waals surface area contributed by atoms with Gasteiger partial charge in [-0.15, -0.1) is 24.0 Å². The first-order valence-electron chi connectivity index (χ1n) is 10.9. The number of carbonyl (C=O) groups excluding carboxylic acids is 2. The molecule has 0 aromatic heterocycles. The van der Waals surface area contributed by atoms with Crippen molar-refractivity contribution in [3.63, 3.8) is 0 Å². The molecule has 2 rings (SSSR count).